The van der Waals surface area contributed by atoms with Gasteiger partial charge in [-0.15, -0.1) is 0 Å². The van der Waals surface area contributed by atoms with Crippen LogP contribution in [0.5, 0.6) is 0 Å². The van der Waals surface area contributed by atoms with Crippen LogP contribution >= 0.6 is 15.5 Å². The van der Waals surface area contributed by atoms with Gasteiger partial charge in [0.1, 0.15) is 17.9 Å². The van der Waals surface area contributed by atoms with Crippen molar-refractivity contribution in [2.24, 2.45) is 0 Å². The molecule has 14 nitrogen and oxygen atoms in total. The van der Waals surface area contributed by atoms with Crippen molar-refractivity contribution in [3.8, 4) is 0 Å². The molecule has 0 aromatic carbocycles. The summed E-state index contributed by atoms with van der Waals surface area (Å²) in [6, 6.07) is 0. The highest BCUT2D eigenvalue weighted by molar-refractivity contribution is 7.76. The Balaban J connectivity index is 1.97. The number of carbonyl (C=O) groups excluding carboxylic acids is 1. The van der Waals surface area contributed by atoms with E-state index in [0.29, 0.717) is 0 Å². The maximum atomic E-state index is 14.6. The molecule has 17 heteroatoms. The van der Waals surface area contributed by atoms with E-state index >= 15 is 0 Å². The molecule has 2 aromatic heterocycles. The molecule has 28 heavy (non-hydrogen) atoms. The van der Waals surface area contributed by atoms with Crippen molar-refractivity contribution < 1.29 is 48.1 Å². The lowest BCUT2D eigenvalue weighted by Gasteiger charge is -2.21. The first kappa shape index (κ1) is 21.0. The summed E-state index contributed by atoms with van der Waals surface area (Å²) in [5, 5.41) is 7.01. The maximum Gasteiger partial charge on any atom is 0.427 e. The van der Waals surface area contributed by atoms with Gasteiger partial charge in [0.05, 0.1) is 6.33 Å². The molecule has 3 unspecified atom stereocenters. The number of imidazole rings is 1. The first-order chi connectivity index (χ1) is 12.8. The number of aliphatic hydroxyl groups is 1. The molecule has 2 aromatic rings. The van der Waals surface area contributed by atoms with Crippen molar-refractivity contribution >= 4 is 38.3 Å². The van der Waals surface area contributed by atoms with Crippen molar-refractivity contribution in [1.82, 2.24) is 19.5 Å². The molecule has 5 atom stereocenters. The van der Waals surface area contributed by atoms with E-state index in [-0.39, 0.29) is 17.0 Å². The number of ketones is 1. The minimum Gasteiger partial charge on any atom is -0.387 e. The molecule has 154 valence electrons. The van der Waals surface area contributed by atoms with Crippen LogP contribution in [0, 0.1) is 0 Å². The Kier molecular flexibility index (Phi) is 5.25. The lowest BCUT2D eigenvalue weighted by Crippen LogP contribution is -2.41. The molecule has 8 N–H and O–H groups in total. The molecule has 0 bridgehead atoms. The van der Waals surface area contributed by atoms with Gasteiger partial charge in [-0.2, -0.15) is 14.7 Å². The van der Waals surface area contributed by atoms with E-state index in [2.05, 4.69) is 15.0 Å². The average Bonchev–Trinajstić information content (AvgIpc) is 3.08. The van der Waals surface area contributed by atoms with Gasteiger partial charge in [0, 0.05) is 0 Å². The molecule has 0 amide bonds. The topological polar surface area (TPSA) is 234 Å². The Morgan fingerprint density at radius 1 is 1.32 bits per heavy atom. The molecule has 3 rings (SSSR count). The smallest absolute Gasteiger partial charge is 0.387 e. The number of rotatable bonds is 5. The number of aliphatic hydroxyl groups excluding tert-OH is 1. The fraction of sp³-hybridized carbons (Fsp3) is 0.455. The maximum absolute atomic E-state index is 14.6. The number of hydrogen-bond acceptors (Lipinski definition) is 11. The number of hydrogen-bond donors (Lipinski definition) is 7. The van der Waals surface area contributed by atoms with Gasteiger partial charge in [0.15, 0.2) is 30.0 Å². The van der Waals surface area contributed by atoms with E-state index in [0.717, 1.165) is 17.2 Å². The van der Waals surface area contributed by atoms with Gasteiger partial charge < -0.3 is 25.4 Å². The van der Waals surface area contributed by atoms with Gasteiger partial charge in [-0.05, 0) is 0 Å². The van der Waals surface area contributed by atoms with Crippen molar-refractivity contribution in [2.45, 2.75) is 30.0 Å². The van der Waals surface area contributed by atoms with Crippen LogP contribution < -0.4 is 5.73 Å². The molecule has 1 fully saturated rings. The van der Waals surface area contributed by atoms with E-state index in [4.69, 9.17) is 10.5 Å². The van der Waals surface area contributed by atoms with Crippen LogP contribution in [-0.4, -0.2) is 78.7 Å². The molecule has 1 aliphatic rings. The summed E-state index contributed by atoms with van der Waals surface area (Å²) in [5.74, 6) is -1.81. The van der Waals surface area contributed by atoms with Crippen molar-refractivity contribution in [3.63, 3.8) is 0 Å². The zero-order chi connectivity index (χ0) is 21.0. The quantitative estimate of drug-likeness (QED) is 0.244. The minimum atomic E-state index is -5.60. The number of fused-ring (bicyclic) bond motifs is 1. The summed E-state index contributed by atoms with van der Waals surface area (Å²) >= 11 is 0. The Morgan fingerprint density at radius 2 is 1.96 bits per heavy atom. The van der Waals surface area contributed by atoms with Crippen LogP contribution in [0.4, 0.5) is 10.2 Å². The van der Waals surface area contributed by atoms with Crippen LogP contribution in [-0.2, 0) is 14.1 Å². The summed E-state index contributed by atoms with van der Waals surface area (Å²) in [4.78, 5) is 69.9. The summed E-state index contributed by atoms with van der Waals surface area (Å²) in [5.41, 5.74) is 5.67. The Hall–Kier alpha value is -1.67. The van der Waals surface area contributed by atoms with Gasteiger partial charge in [0.25, 0.3) is 0 Å². The SMILES string of the molecule is Nc1ncnc2c1ncn2[C@@H]1O[C@H](C(=O)C(P(=O)(O)O)[P+](O)(O)O)C(O)C1F. The zero-order valence-corrected chi connectivity index (χ0v) is 15.4. The second-order valence-corrected chi connectivity index (χ2v) is 9.79. The molecule has 0 radical (unpaired) electrons. The lowest BCUT2D eigenvalue weighted by atomic mass is 10.1. The van der Waals surface area contributed by atoms with E-state index in [1.54, 1.807) is 0 Å². The molecule has 3 heterocycles. The minimum absolute atomic E-state index is 0.0136. The summed E-state index contributed by atoms with van der Waals surface area (Å²) in [7, 11) is -11.0. The number of Topliss-reactive ketones (excluding diaryl/α,β-unsaturated/α-hetero) is 1. The number of halogens is 1. The number of anilines is 1. The van der Waals surface area contributed by atoms with Crippen LogP contribution in [0.25, 0.3) is 11.2 Å². The molecule has 0 saturated carbocycles. The highest BCUT2D eigenvalue weighted by Crippen LogP contribution is 2.65. The third-order valence-corrected chi connectivity index (χ3v) is 7.67. The Bertz CT molecular complexity index is 962. The number of nitrogens with two attached hydrogens (primary N) is 1. The molecule has 0 spiro atoms. The molecule has 1 aliphatic heterocycles. The van der Waals surface area contributed by atoms with Gasteiger partial charge in [-0.25, -0.2) is 19.3 Å². The van der Waals surface area contributed by atoms with Crippen molar-refractivity contribution in [3.05, 3.63) is 12.7 Å². The number of nitrogen functional groups attached to an aromatic ring is 1. The van der Waals surface area contributed by atoms with Crippen LogP contribution in [0.15, 0.2) is 12.7 Å². The first-order valence-electron chi connectivity index (χ1n) is 7.40. The van der Waals surface area contributed by atoms with Crippen molar-refractivity contribution in [1.29, 1.82) is 0 Å². The summed E-state index contributed by atoms with van der Waals surface area (Å²) in [6.07, 6.45) is -6.40. The predicted octanol–water partition coefficient (Wildman–Crippen LogP) is -2.18. The monoisotopic (exact) mass is 442 g/mol. The van der Waals surface area contributed by atoms with Gasteiger partial charge in [-0.3, -0.25) is 13.9 Å². The molecular formula is C11H15FN5O9P2+. The van der Waals surface area contributed by atoms with Crippen molar-refractivity contribution in [2.75, 3.05) is 5.73 Å². The largest absolute Gasteiger partial charge is 0.427 e. The number of aromatic nitrogens is 4. The Morgan fingerprint density at radius 3 is 2.54 bits per heavy atom. The van der Waals surface area contributed by atoms with Crippen LogP contribution in [0.2, 0.25) is 0 Å². The second kappa shape index (κ2) is 6.99. The van der Waals surface area contributed by atoms with E-state index in [9.17, 15) is 43.3 Å². The van der Waals surface area contributed by atoms with Crippen LogP contribution in [0.3, 0.4) is 0 Å². The number of alkyl halides is 1. The van der Waals surface area contributed by atoms with Gasteiger partial charge in [-0.1, -0.05) is 0 Å². The Labute approximate surface area is 155 Å². The predicted molar refractivity (Wildman–Crippen MR) is 89.0 cm³/mol. The molecule has 1 saturated heterocycles. The van der Waals surface area contributed by atoms with Crippen LogP contribution in [0.1, 0.15) is 6.23 Å². The number of carbonyl (C=O) groups is 1. The highest BCUT2D eigenvalue weighted by Gasteiger charge is 2.64. The highest BCUT2D eigenvalue weighted by atomic mass is 31.3. The third kappa shape index (κ3) is 3.52. The number of ether oxygens (including phenoxy) is 1. The summed E-state index contributed by atoms with van der Waals surface area (Å²) in [6.45, 7) is 0. The average molecular weight is 442 g/mol. The lowest BCUT2D eigenvalue weighted by molar-refractivity contribution is -0.134. The molecular weight excluding hydrogens is 427 g/mol. The fourth-order valence-electron chi connectivity index (χ4n) is 2.84. The standard InChI is InChI=1S/C11H14FN5O9P2/c12-3-5(18)7(6(19)11(27(20,21)22)28(23,24)25)26-10(3)17-2-16-4-8(13)14-1-15-9(4)17/h1-3,5,7,10-11,18,20-22H,(H3-,13,14,15,23,24,25)/p+1/t3?,5?,7-,10+,11?/m0/s1. The van der Waals surface area contributed by atoms with E-state index < -0.39 is 51.3 Å². The fourth-order valence-corrected chi connectivity index (χ4v) is 5.42. The first-order valence-corrected chi connectivity index (χ1v) is 10.8. The van der Waals surface area contributed by atoms with Gasteiger partial charge >= 0.3 is 20.9 Å². The summed E-state index contributed by atoms with van der Waals surface area (Å²) < 4.78 is 32.1. The third-order valence-electron chi connectivity index (χ3n) is 4.04. The van der Waals surface area contributed by atoms with E-state index in [1.165, 1.54) is 0 Å². The van der Waals surface area contributed by atoms with Gasteiger partial charge in [0.2, 0.25) is 5.78 Å². The zero-order valence-electron chi connectivity index (χ0n) is 13.6. The van der Waals surface area contributed by atoms with E-state index in [1.807, 2.05) is 0 Å². The number of nitrogens with zero attached hydrogens (tertiary/aromatic N) is 4. The normalized spacial score (nSPS) is 27.2. The molecule has 0 aliphatic carbocycles. The second-order valence-electron chi connectivity index (χ2n) is 5.95.